The summed E-state index contributed by atoms with van der Waals surface area (Å²) in [6.45, 7) is 3.73. The zero-order chi connectivity index (χ0) is 13.1. The van der Waals surface area contributed by atoms with E-state index in [1.165, 1.54) is 0 Å². The smallest absolute Gasteiger partial charge is 0.432 e. The third kappa shape index (κ3) is 12.0. The van der Waals surface area contributed by atoms with E-state index in [0.29, 0.717) is 13.2 Å². The van der Waals surface area contributed by atoms with Crippen molar-refractivity contribution >= 4 is 73.9 Å². The summed E-state index contributed by atoms with van der Waals surface area (Å²) in [5.41, 5.74) is 0. The first-order chi connectivity index (χ1) is 8.07. The Morgan fingerprint density at radius 2 is 1.76 bits per heavy atom. The molecule has 0 aromatic carbocycles. The number of carbonyl (C=O) groups is 1. The number of halogens is 3. The van der Waals surface area contributed by atoms with E-state index in [-0.39, 0.29) is 13.2 Å². The molecule has 0 saturated heterocycles. The second kappa shape index (κ2) is 12.2. The van der Waals surface area contributed by atoms with Crippen molar-refractivity contribution in [3.05, 3.63) is 5.17 Å². The van der Waals surface area contributed by atoms with Gasteiger partial charge in [-0.3, -0.25) is 0 Å². The lowest BCUT2D eigenvalue weighted by molar-refractivity contribution is 0.0313. The molecule has 0 rings (SSSR count). The van der Waals surface area contributed by atoms with Crippen LogP contribution in [-0.4, -0.2) is 32.6 Å². The molecule has 0 aliphatic heterocycles. The molecule has 100 valence electrons. The summed E-state index contributed by atoms with van der Waals surface area (Å²) in [6, 6.07) is 0. The van der Waals surface area contributed by atoms with Gasteiger partial charge in [-0.05, 0) is 74.2 Å². The molecule has 0 fully saturated rings. The minimum Gasteiger partial charge on any atom is -0.432 e. The Hall–Kier alpha value is 1.16. The summed E-state index contributed by atoms with van der Waals surface area (Å²) in [4.78, 5) is 11.1. The standard InChI is InChI=1S/C10H15I3O4/c1-2-3-4-15-5-6-16-10(14)17-7-8(11)9(12)13/h2-7H2,1H3. The number of ether oxygens (including phenoxy) is 3. The molecule has 0 atom stereocenters. The van der Waals surface area contributed by atoms with Gasteiger partial charge in [0.05, 0.1) is 8.19 Å². The summed E-state index contributed by atoms with van der Waals surface area (Å²) in [5.74, 6) is 0. The molecule has 0 aliphatic rings. The first-order valence-electron chi connectivity index (χ1n) is 5.14. The molecule has 0 aromatic rings. The van der Waals surface area contributed by atoms with E-state index in [1.54, 1.807) is 0 Å². The van der Waals surface area contributed by atoms with Crippen molar-refractivity contribution in [3.8, 4) is 0 Å². The third-order valence-corrected chi connectivity index (χ3v) is 5.83. The minimum atomic E-state index is -0.646. The zero-order valence-corrected chi connectivity index (χ0v) is 16.0. The van der Waals surface area contributed by atoms with E-state index in [0.717, 1.165) is 18.0 Å². The summed E-state index contributed by atoms with van der Waals surface area (Å²) < 4.78 is 17.0. The van der Waals surface area contributed by atoms with Gasteiger partial charge in [-0.15, -0.1) is 0 Å². The van der Waals surface area contributed by atoms with Gasteiger partial charge in [0.1, 0.15) is 13.2 Å². The Balaban J connectivity index is 3.45. The van der Waals surface area contributed by atoms with E-state index in [4.69, 9.17) is 14.2 Å². The minimum absolute atomic E-state index is 0.240. The molecule has 4 nitrogen and oxygen atoms in total. The molecule has 7 heteroatoms. The van der Waals surface area contributed by atoms with Crippen LogP contribution in [0.25, 0.3) is 0 Å². The van der Waals surface area contributed by atoms with Crippen LogP contribution in [0.5, 0.6) is 0 Å². The Kier molecular flexibility index (Phi) is 13.0. The zero-order valence-electron chi connectivity index (χ0n) is 9.51. The van der Waals surface area contributed by atoms with E-state index in [1.807, 2.05) is 0 Å². The summed E-state index contributed by atoms with van der Waals surface area (Å²) in [5, 5.41) is 0. The maximum atomic E-state index is 11.1. The molecule has 0 aliphatic carbocycles. The van der Waals surface area contributed by atoms with Crippen molar-refractivity contribution in [2.45, 2.75) is 19.8 Å². The molecule has 0 N–H and O–H groups in total. The van der Waals surface area contributed by atoms with E-state index in [9.17, 15) is 4.79 Å². The van der Waals surface area contributed by atoms with Crippen molar-refractivity contribution in [3.63, 3.8) is 0 Å². The SMILES string of the molecule is CCCCOCCOC(=O)OCC(I)=C(I)I. The van der Waals surface area contributed by atoms with Gasteiger partial charge in [0.2, 0.25) is 0 Å². The van der Waals surface area contributed by atoms with E-state index in [2.05, 4.69) is 74.7 Å². The van der Waals surface area contributed by atoms with Gasteiger partial charge in [0, 0.05) is 10.2 Å². The quantitative estimate of drug-likeness (QED) is 0.243. The molecule has 0 heterocycles. The van der Waals surface area contributed by atoms with Crippen LogP contribution in [0.4, 0.5) is 4.79 Å². The number of carbonyl (C=O) groups excluding carboxylic acids is 1. The highest BCUT2D eigenvalue weighted by atomic mass is 127. The van der Waals surface area contributed by atoms with Gasteiger partial charge >= 0.3 is 6.16 Å². The van der Waals surface area contributed by atoms with Crippen LogP contribution in [0.1, 0.15) is 19.8 Å². The molecular formula is C10H15I3O4. The lowest BCUT2D eigenvalue weighted by Crippen LogP contribution is -2.13. The molecule has 0 spiro atoms. The largest absolute Gasteiger partial charge is 0.508 e. The van der Waals surface area contributed by atoms with Crippen LogP contribution >= 0.6 is 67.8 Å². The van der Waals surface area contributed by atoms with Gasteiger partial charge < -0.3 is 14.2 Å². The average Bonchev–Trinajstić information content (AvgIpc) is 2.30. The van der Waals surface area contributed by atoms with Crippen LogP contribution in [0.15, 0.2) is 5.17 Å². The topological polar surface area (TPSA) is 44.8 Å². The highest BCUT2D eigenvalue weighted by Gasteiger charge is 2.05. The Bertz CT molecular complexity index is 252. The van der Waals surface area contributed by atoms with Gasteiger partial charge in [0.25, 0.3) is 0 Å². The van der Waals surface area contributed by atoms with Gasteiger partial charge in [-0.2, -0.15) is 0 Å². The van der Waals surface area contributed by atoms with Crippen molar-refractivity contribution < 1.29 is 19.0 Å². The molecular weight excluding hydrogens is 565 g/mol. The number of hydrogen-bond acceptors (Lipinski definition) is 4. The lowest BCUT2D eigenvalue weighted by Gasteiger charge is -2.06. The predicted molar refractivity (Wildman–Crippen MR) is 92.1 cm³/mol. The molecule has 0 amide bonds. The number of hydrogen-bond donors (Lipinski definition) is 0. The monoisotopic (exact) mass is 580 g/mol. The normalized spacial score (nSPS) is 9.88. The maximum absolute atomic E-state index is 11.1. The summed E-state index contributed by atoms with van der Waals surface area (Å²) >= 11 is 6.47. The van der Waals surface area contributed by atoms with Crippen LogP contribution in [0, 0.1) is 0 Å². The molecule has 0 saturated carbocycles. The second-order valence-electron chi connectivity index (χ2n) is 3.02. The van der Waals surface area contributed by atoms with Gasteiger partial charge in [0.15, 0.2) is 0 Å². The highest BCUT2D eigenvalue weighted by molar-refractivity contribution is 14.2. The molecule has 0 bridgehead atoms. The van der Waals surface area contributed by atoms with Crippen molar-refractivity contribution in [1.29, 1.82) is 0 Å². The summed E-state index contributed by atoms with van der Waals surface area (Å²) in [7, 11) is 0. The van der Waals surface area contributed by atoms with Crippen molar-refractivity contribution in [2.75, 3.05) is 26.4 Å². The molecule has 0 unspecified atom stereocenters. The number of rotatable bonds is 8. The van der Waals surface area contributed by atoms with Gasteiger partial charge in [-0.25, -0.2) is 4.79 Å². The van der Waals surface area contributed by atoms with Crippen LogP contribution in [0.2, 0.25) is 0 Å². The van der Waals surface area contributed by atoms with Gasteiger partial charge in [-0.1, -0.05) is 13.3 Å². The second-order valence-corrected chi connectivity index (χ2v) is 8.54. The fourth-order valence-electron chi connectivity index (χ4n) is 0.751. The van der Waals surface area contributed by atoms with Crippen molar-refractivity contribution in [2.24, 2.45) is 0 Å². The highest BCUT2D eigenvalue weighted by Crippen LogP contribution is 2.25. The van der Waals surface area contributed by atoms with E-state index < -0.39 is 6.16 Å². The average molecular weight is 580 g/mol. The van der Waals surface area contributed by atoms with Crippen molar-refractivity contribution in [1.82, 2.24) is 0 Å². The Morgan fingerprint density at radius 1 is 1.06 bits per heavy atom. The van der Waals surface area contributed by atoms with Crippen LogP contribution in [0.3, 0.4) is 0 Å². The number of unbranched alkanes of at least 4 members (excludes halogenated alkanes) is 1. The maximum Gasteiger partial charge on any atom is 0.508 e. The van der Waals surface area contributed by atoms with Crippen LogP contribution < -0.4 is 0 Å². The molecule has 0 radical (unpaired) electrons. The first-order valence-corrected chi connectivity index (χ1v) is 8.38. The molecule has 0 aromatic heterocycles. The third-order valence-electron chi connectivity index (χ3n) is 1.61. The first kappa shape index (κ1) is 18.2. The van der Waals surface area contributed by atoms with E-state index >= 15 is 0 Å². The lowest BCUT2D eigenvalue weighted by atomic mass is 10.4. The Morgan fingerprint density at radius 3 is 2.35 bits per heavy atom. The fourth-order valence-corrected chi connectivity index (χ4v) is 1.22. The fraction of sp³-hybridized carbons (Fsp3) is 0.700. The predicted octanol–water partition coefficient (Wildman–Crippen LogP) is 4.43. The molecule has 17 heavy (non-hydrogen) atoms. The van der Waals surface area contributed by atoms with Crippen LogP contribution in [-0.2, 0) is 14.2 Å². The summed E-state index contributed by atoms with van der Waals surface area (Å²) in [6.07, 6.45) is 1.48. The Labute approximate surface area is 143 Å².